The van der Waals surface area contributed by atoms with Gasteiger partial charge in [-0.1, -0.05) is 0 Å². The second-order valence-corrected chi connectivity index (χ2v) is 5.61. The molecule has 112 valence electrons. The van der Waals surface area contributed by atoms with E-state index in [0.717, 1.165) is 12.8 Å². The third-order valence-electron chi connectivity index (χ3n) is 3.96. The molecule has 0 unspecified atom stereocenters. The summed E-state index contributed by atoms with van der Waals surface area (Å²) in [6, 6.07) is 3.00. The molecule has 2 aliphatic heterocycles. The monoisotopic (exact) mass is 291 g/mol. The van der Waals surface area contributed by atoms with Crippen LogP contribution in [0.4, 0.5) is 4.79 Å². The lowest BCUT2D eigenvalue weighted by molar-refractivity contribution is -0.00552. The number of aromatic nitrogens is 1. The highest BCUT2D eigenvalue weighted by atomic mass is 16.6. The summed E-state index contributed by atoms with van der Waals surface area (Å²) in [5, 5.41) is 9.75. The number of rotatable bonds is 1. The maximum Gasteiger partial charge on any atom is 0.410 e. The Hall–Kier alpha value is -2.31. The van der Waals surface area contributed by atoms with Crippen LogP contribution < -0.4 is 0 Å². The van der Waals surface area contributed by atoms with Crippen LogP contribution in [0.2, 0.25) is 0 Å². The van der Waals surface area contributed by atoms with Crippen molar-refractivity contribution in [3.05, 3.63) is 24.0 Å². The van der Waals surface area contributed by atoms with E-state index in [2.05, 4.69) is 4.98 Å². The quantitative estimate of drug-likeness (QED) is 0.829. The number of pyridine rings is 1. The van der Waals surface area contributed by atoms with Crippen LogP contribution in [0.5, 0.6) is 5.75 Å². The Balaban J connectivity index is 1.79. The van der Waals surface area contributed by atoms with Gasteiger partial charge in [0, 0.05) is 19.8 Å². The molecule has 0 saturated carbocycles. The lowest BCUT2D eigenvalue weighted by Gasteiger charge is -2.38. The van der Waals surface area contributed by atoms with Gasteiger partial charge in [0.2, 0.25) is 0 Å². The lowest BCUT2D eigenvalue weighted by atomic mass is 9.92. The Morgan fingerprint density at radius 3 is 2.95 bits per heavy atom. The van der Waals surface area contributed by atoms with Crippen LogP contribution >= 0.6 is 0 Å². The number of amides is 2. The summed E-state index contributed by atoms with van der Waals surface area (Å²) in [4.78, 5) is 31.1. The summed E-state index contributed by atoms with van der Waals surface area (Å²) < 4.78 is 5.46. The molecule has 0 aliphatic carbocycles. The van der Waals surface area contributed by atoms with Crippen LogP contribution in [0.3, 0.4) is 0 Å². The van der Waals surface area contributed by atoms with Crippen LogP contribution in [-0.2, 0) is 4.74 Å². The van der Waals surface area contributed by atoms with Crippen molar-refractivity contribution in [1.29, 1.82) is 0 Å². The molecule has 3 rings (SSSR count). The van der Waals surface area contributed by atoms with E-state index in [1.165, 1.54) is 17.2 Å². The van der Waals surface area contributed by atoms with E-state index >= 15 is 0 Å². The molecule has 2 fully saturated rings. The Morgan fingerprint density at radius 2 is 2.29 bits per heavy atom. The van der Waals surface area contributed by atoms with E-state index in [4.69, 9.17) is 4.74 Å². The molecule has 1 aromatic rings. The minimum Gasteiger partial charge on any atom is -0.505 e. The zero-order valence-electron chi connectivity index (χ0n) is 11.8. The number of hydrogen-bond acceptors (Lipinski definition) is 5. The van der Waals surface area contributed by atoms with Crippen LogP contribution in [0.25, 0.3) is 0 Å². The van der Waals surface area contributed by atoms with Crippen LogP contribution in [0, 0.1) is 0 Å². The third kappa shape index (κ3) is 2.39. The first-order valence-electron chi connectivity index (χ1n) is 6.88. The van der Waals surface area contributed by atoms with Crippen molar-refractivity contribution in [3.8, 4) is 5.75 Å². The fourth-order valence-electron chi connectivity index (χ4n) is 2.99. The number of likely N-dealkylation sites (N-methyl/N-ethyl adjacent to an activating group) is 1. The zero-order chi connectivity index (χ0) is 15.0. The van der Waals surface area contributed by atoms with Gasteiger partial charge in [-0.05, 0) is 25.0 Å². The normalized spacial score (nSPS) is 25.3. The van der Waals surface area contributed by atoms with Crippen molar-refractivity contribution in [2.24, 2.45) is 0 Å². The molecule has 0 bridgehead atoms. The van der Waals surface area contributed by atoms with E-state index in [0.29, 0.717) is 19.6 Å². The maximum absolute atomic E-state index is 12.5. The molecular formula is C14H17N3O4. The van der Waals surface area contributed by atoms with Crippen molar-refractivity contribution in [3.63, 3.8) is 0 Å². The molecule has 2 aliphatic rings. The van der Waals surface area contributed by atoms with Gasteiger partial charge in [-0.25, -0.2) is 9.78 Å². The number of piperidine rings is 1. The maximum atomic E-state index is 12.5. The van der Waals surface area contributed by atoms with Gasteiger partial charge < -0.3 is 19.6 Å². The number of aromatic hydroxyl groups is 1. The molecule has 1 spiro atoms. The minimum absolute atomic E-state index is 0.0345. The van der Waals surface area contributed by atoms with Gasteiger partial charge in [0.15, 0.2) is 5.69 Å². The predicted octanol–water partition coefficient (Wildman–Crippen LogP) is 0.844. The number of ether oxygens (including phenoxy) is 1. The van der Waals surface area contributed by atoms with Gasteiger partial charge in [-0.15, -0.1) is 0 Å². The Bertz CT molecular complexity index is 591. The summed E-state index contributed by atoms with van der Waals surface area (Å²) >= 11 is 0. The second kappa shape index (κ2) is 4.91. The number of carbonyl (C=O) groups excluding carboxylic acids is 2. The summed E-state index contributed by atoms with van der Waals surface area (Å²) in [5.74, 6) is -0.472. The van der Waals surface area contributed by atoms with E-state index in [9.17, 15) is 14.7 Å². The van der Waals surface area contributed by atoms with Gasteiger partial charge in [-0.2, -0.15) is 0 Å². The molecule has 21 heavy (non-hydrogen) atoms. The molecule has 0 radical (unpaired) electrons. The van der Waals surface area contributed by atoms with Crippen LogP contribution in [0.1, 0.15) is 23.3 Å². The minimum atomic E-state index is -0.635. The van der Waals surface area contributed by atoms with Crippen molar-refractivity contribution in [1.82, 2.24) is 14.8 Å². The lowest BCUT2D eigenvalue weighted by Crippen LogP contribution is -2.52. The number of nitrogens with zero attached hydrogens (tertiary/aromatic N) is 3. The Morgan fingerprint density at radius 1 is 1.48 bits per heavy atom. The van der Waals surface area contributed by atoms with Gasteiger partial charge >= 0.3 is 6.09 Å². The fraction of sp³-hybridized carbons (Fsp3) is 0.500. The van der Waals surface area contributed by atoms with Crippen LogP contribution in [0.15, 0.2) is 18.3 Å². The second-order valence-electron chi connectivity index (χ2n) is 5.61. The summed E-state index contributed by atoms with van der Waals surface area (Å²) in [6.45, 7) is 1.37. The number of likely N-dealkylation sites (tertiary alicyclic amines) is 1. The molecule has 7 nitrogen and oxygen atoms in total. The molecular weight excluding hydrogens is 274 g/mol. The first kappa shape index (κ1) is 13.7. The molecule has 0 aromatic carbocycles. The van der Waals surface area contributed by atoms with Gasteiger partial charge in [0.1, 0.15) is 11.4 Å². The van der Waals surface area contributed by atoms with E-state index in [-0.39, 0.29) is 23.4 Å². The predicted molar refractivity (Wildman–Crippen MR) is 72.9 cm³/mol. The van der Waals surface area contributed by atoms with Gasteiger partial charge in [0.25, 0.3) is 5.91 Å². The Labute approximate surface area is 122 Å². The Kier molecular flexibility index (Phi) is 3.19. The van der Waals surface area contributed by atoms with Crippen molar-refractivity contribution in [2.45, 2.75) is 18.4 Å². The van der Waals surface area contributed by atoms with Crippen molar-refractivity contribution < 1.29 is 19.4 Å². The van der Waals surface area contributed by atoms with Crippen molar-refractivity contribution in [2.75, 3.05) is 26.7 Å². The largest absolute Gasteiger partial charge is 0.505 e. The van der Waals surface area contributed by atoms with Gasteiger partial charge in [-0.3, -0.25) is 4.79 Å². The topological polar surface area (TPSA) is 83.0 Å². The van der Waals surface area contributed by atoms with Crippen LogP contribution in [-0.4, -0.2) is 64.2 Å². The molecule has 1 atom stereocenters. The summed E-state index contributed by atoms with van der Waals surface area (Å²) in [7, 11) is 1.68. The highest BCUT2D eigenvalue weighted by Crippen LogP contribution is 2.32. The first-order chi connectivity index (χ1) is 10.0. The van der Waals surface area contributed by atoms with E-state index in [1.807, 2.05) is 0 Å². The van der Waals surface area contributed by atoms with Gasteiger partial charge in [0.05, 0.1) is 13.1 Å². The molecule has 7 heteroatoms. The standard InChI is InChI=1S/C14H17N3O4/c1-16-8-14(21-13(16)20)5-3-7-17(9-14)12(19)11-10(18)4-2-6-15-11/h2,4,6,18H,3,5,7-9H2,1H3/t14-/m1/s1. The zero-order valence-corrected chi connectivity index (χ0v) is 11.8. The molecule has 2 saturated heterocycles. The third-order valence-corrected chi connectivity index (χ3v) is 3.96. The molecule has 2 amide bonds. The molecule has 3 heterocycles. The first-order valence-corrected chi connectivity index (χ1v) is 6.88. The number of hydrogen-bond donors (Lipinski definition) is 1. The smallest absolute Gasteiger partial charge is 0.410 e. The average molecular weight is 291 g/mol. The SMILES string of the molecule is CN1C[C@@]2(CCCN(C(=O)c3ncccc3O)C2)OC1=O. The molecule has 1 N–H and O–H groups in total. The summed E-state index contributed by atoms with van der Waals surface area (Å²) in [5.41, 5.74) is -0.600. The highest BCUT2D eigenvalue weighted by Gasteiger charge is 2.47. The van der Waals surface area contributed by atoms with E-state index in [1.54, 1.807) is 18.0 Å². The average Bonchev–Trinajstić information content (AvgIpc) is 2.73. The van der Waals surface area contributed by atoms with E-state index < -0.39 is 5.60 Å². The fourth-order valence-corrected chi connectivity index (χ4v) is 2.99. The highest BCUT2D eigenvalue weighted by molar-refractivity contribution is 5.95. The summed E-state index contributed by atoms with van der Waals surface area (Å²) in [6.07, 6.45) is 2.60. The number of carbonyl (C=O) groups is 2. The molecule has 1 aromatic heterocycles. The van der Waals surface area contributed by atoms with Crippen molar-refractivity contribution >= 4 is 12.0 Å².